The van der Waals surface area contributed by atoms with E-state index in [1.54, 1.807) is 0 Å². The molecule has 2 aromatic carbocycles. The van der Waals surface area contributed by atoms with Gasteiger partial charge in [-0.15, -0.1) is 0 Å². The van der Waals surface area contributed by atoms with Crippen LogP contribution >= 0.6 is 0 Å². The normalized spacial score (nSPS) is 21.4. The minimum absolute atomic E-state index is 0.517. The van der Waals surface area contributed by atoms with Crippen LogP contribution in [0.5, 0.6) is 0 Å². The summed E-state index contributed by atoms with van der Waals surface area (Å²) in [6.07, 6.45) is 1.12. The fourth-order valence-corrected chi connectivity index (χ4v) is 2.83. The number of hydrogen-bond acceptors (Lipinski definition) is 1. The van der Waals surface area contributed by atoms with E-state index in [0.29, 0.717) is 12.0 Å². The van der Waals surface area contributed by atoms with E-state index in [0.717, 1.165) is 6.42 Å². The number of anilines is 1. The average molecular weight is 237 g/mol. The third kappa shape index (κ3) is 2.01. The zero-order valence-electron chi connectivity index (χ0n) is 11.0. The SMILES string of the molecule is Cc1ccc(CC2c3ccccc3NC2C)cc1. The molecule has 0 saturated heterocycles. The van der Waals surface area contributed by atoms with Crippen molar-refractivity contribution < 1.29 is 0 Å². The van der Waals surface area contributed by atoms with E-state index < -0.39 is 0 Å². The smallest absolute Gasteiger partial charge is 0.0378 e. The van der Waals surface area contributed by atoms with Crippen LogP contribution in [0.2, 0.25) is 0 Å². The standard InChI is InChI=1S/C17H19N/c1-12-7-9-14(10-8-12)11-16-13(2)18-17-6-4-3-5-15(16)17/h3-10,13,16,18H,11H2,1-2H3. The Hall–Kier alpha value is -1.76. The van der Waals surface area contributed by atoms with Gasteiger partial charge in [-0.1, -0.05) is 48.0 Å². The minimum Gasteiger partial charge on any atom is -0.382 e. The molecule has 1 heterocycles. The predicted molar refractivity (Wildman–Crippen MR) is 77.2 cm³/mol. The second-order valence-electron chi connectivity index (χ2n) is 5.32. The second-order valence-corrected chi connectivity index (χ2v) is 5.32. The zero-order valence-corrected chi connectivity index (χ0v) is 11.0. The van der Waals surface area contributed by atoms with Crippen LogP contribution in [-0.4, -0.2) is 6.04 Å². The lowest BCUT2D eigenvalue weighted by molar-refractivity contribution is 0.629. The summed E-state index contributed by atoms with van der Waals surface area (Å²) in [6, 6.07) is 18.1. The first-order chi connectivity index (χ1) is 8.74. The second kappa shape index (κ2) is 4.49. The molecule has 2 unspecified atom stereocenters. The maximum Gasteiger partial charge on any atom is 0.0378 e. The van der Waals surface area contributed by atoms with Gasteiger partial charge in [-0.05, 0) is 37.5 Å². The van der Waals surface area contributed by atoms with Gasteiger partial charge < -0.3 is 5.32 Å². The third-order valence-corrected chi connectivity index (χ3v) is 3.92. The van der Waals surface area contributed by atoms with Crippen molar-refractivity contribution in [1.82, 2.24) is 0 Å². The van der Waals surface area contributed by atoms with Crippen molar-refractivity contribution in [2.24, 2.45) is 0 Å². The van der Waals surface area contributed by atoms with Crippen molar-refractivity contribution in [3.63, 3.8) is 0 Å². The summed E-state index contributed by atoms with van der Waals surface area (Å²) in [5.74, 6) is 0.587. The molecule has 3 rings (SSSR count). The molecule has 0 aliphatic carbocycles. The van der Waals surface area contributed by atoms with E-state index >= 15 is 0 Å². The maximum atomic E-state index is 3.58. The van der Waals surface area contributed by atoms with Gasteiger partial charge in [-0.25, -0.2) is 0 Å². The molecule has 2 aromatic rings. The van der Waals surface area contributed by atoms with E-state index in [1.165, 1.54) is 22.4 Å². The number of fused-ring (bicyclic) bond motifs is 1. The van der Waals surface area contributed by atoms with Crippen LogP contribution in [0.25, 0.3) is 0 Å². The van der Waals surface area contributed by atoms with Gasteiger partial charge in [0, 0.05) is 17.6 Å². The quantitative estimate of drug-likeness (QED) is 0.828. The Morgan fingerprint density at radius 3 is 2.50 bits per heavy atom. The van der Waals surface area contributed by atoms with Crippen molar-refractivity contribution in [3.05, 3.63) is 65.2 Å². The Bertz CT molecular complexity index is 542. The number of nitrogens with one attached hydrogen (secondary N) is 1. The minimum atomic E-state index is 0.517. The van der Waals surface area contributed by atoms with Crippen LogP contribution in [-0.2, 0) is 6.42 Å². The zero-order chi connectivity index (χ0) is 12.5. The number of rotatable bonds is 2. The highest BCUT2D eigenvalue weighted by Gasteiger charge is 2.28. The third-order valence-electron chi connectivity index (χ3n) is 3.92. The van der Waals surface area contributed by atoms with Crippen molar-refractivity contribution >= 4 is 5.69 Å². The molecule has 1 N–H and O–H groups in total. The van der Waals surface area contributed by atoms with Crippen LogP contribution in [0.1, 0.15) is 29.5 Å². The van der Waals surface area contributed by atoms with Gasteiger partial charge in [0.15, 0.2) is 0 Å². The van der Waals surface area contributed by atoms with Crippen LogP contribution in [0.15, 0.2) is 48.5 Å². The van der Waals surface area contributed by atoms with Crippen LogP contribution < -0.4 is 5.32 Å². The molecule has 2 atom stereocenters. The summed E-state index contributed by atoms with van der Waals surface area (Å²) in [4.78, 5) is 0. The highest BCUT2D eigenvalue weighted by atomic mass is 15.0. The van der Waals surface area contributed by atoms with Crippen molar-refractivity contribution in [2.45, 2.75) is 32.2 Å². The highest BCUT2D eigenvalue weighted by molar-refractivity contribution is 5.59. The van der Waals surface area contributed by atoms with Gasteiger partial charge >= 0.3 is 0 Å². The molecule has 0 amide bonds. The van der Waals surface area contributed by atoms with E-state index in [4.69, 9.17) is 0 Å². The molecule has 0 fully saturated rings. The summed E-state index contributed by atoms with van der Waals surface area (Å²) in [5, 5.41) is 3.58. The topological polar surface area (TPSA) is 12.0 Å². The molecule has 92 valence electrons. The maximum absolute atomic E-state index is 3.58. The lowest BCUT2D eigenvalue weighted by Crippen LogP contribution is -2.17. The Labute approximate surface area is 109 Å². The molecule has 0 spiro atoms. The molecule has 1 aliphatic heterocycles. The van der Waals surface area contributed by atoms with E-state index in [2.05, 4.69) is 67.7 Å². The Balaban J connectivity index is 1.87. The Kier molecular flexibility index (Phi) is 2.83. The fourth-order valence-electron chi connectivity index (χ4n) is 2.83. The molecule has 0 bridgehead atoms. The fraction of sp³-hybridized carbons (Fsp3) is 0.294. The molecular weight excluding hydrogens is 218 g/mol. The van der Waals surface area contributed by atoms with Gasteiger partial charge in [0.05, 0.1) is 0 Å². The lowest BCUT2D eigenvalue weighted by Gasteiger charge is -2.16. The van der Waals surface area contributed by atoms with Crippen LogP contribution in [0.3, 0.4) is 0 Å². The Morgan fingerprint density at radius 1 is 1.00 bits per heavy atom. The van der Waals surface area contributed by atoms with Crippen molar-refractivity contribution in [3.8, 4) is 0 Å². The summed E-state index contributed by atoms with van der Waals surface area (Å²) in [6.45, 7) is 4.41. The Morgan fingerprint density at radius 2 is 1.72 bits per heavy atom. The summed E-state index contributed by atoms with van der Waals surface area (Å²) in [7, 11) is 0. The van der Waals surface area contributed by atoms with Crippen molar-refractivity contribution in [1.29, 1.82) is 0 Å². The number of benzene rings is 2. The molecule has 0 radical (unpaired) electrons. The summed E-state index contributed by atoms with van der Waals surface area (Å²) < 4.78 is 0. The number of hydrogen-bond donors (Lipinski definition) is 1. The van der Waals surface area contributed by atoms with E-state index in [9.17, 15) is 0 Å². The summed E-state index contributed by atoms with van der Waals surface area (Å²) in [5.41, 5.74) is 5.53. The summed E-state index contributed by atoms with van der Waals surface area (Å²) >= 11 is 0. The lowest BCUT2D eigenvalue weighted by atomic mass is 9.89. The van der Waals surface area contributed by atoms with Gasteiger partial charge in [0.2, 0.25) is 0 Å². The predicted octanol–water partition coefficient (Wildman–Crippen LogP) is 4.14. The molecule has 18 heavy (non-hydrogen) atoms. The van der Waals surface area contributed by atoms with Gasteiger partial charge in [0.25, 0.3) is 0 Å². The first-order valence-corrected chi connectivity index (χ1v) is 6.65. The van der Waals surface area contributed by atoms with Gasteiger partial charge in [-0.2, -0.15) is 0 Å². The van der Waals surface area contributed by atoms with E-state index in [1.807, 2.05) is 0 Å². The van der Waals surface area contributed by atoms with Gasteiger partial charge in [0.1, 0.15) is 0 Å². The molecule has 1 aliphatic rings. The first kappa shape index (κ1) is 11.3. The molecule has 0 aromatic heterocycles. The number of para-hydroxylation sites is 1. The average Bonchev–Trinajstić information content (AvgIpc) is 2.69. The van der Waals surface area contributed by atoms with Crippen LogP contribution in [0, 0.1) is 6.92 Å². The first-order valence-electron chi connectivity index (χ1n) is 6.65. The molecular formula is C17H19N. The molecule has 0 saturated carbocycles. The largest absolute Gasteiger partial charge is 0.382 e. The monoisotopic (exact) mass is 237 g/mol. The van der Waals surface area contributed by atoms with Crippen molar-refractivity contribution in [2.75, 3.05) is 5.32 Å². The van der Waals surface area contributed by atoms with Gasteiger partial charge in [-0.3, -0.25) is 0 Å². The molecule has 1 heteroatoms. The van der Waals surface area contributed by atoms with E-state index in [-0.39, 0.29) is 0 Å². The highest BCUT2D eigenvalue weighted by Crippen LogP contribution is 2.37. The van der Waals surface area contributed by atoms with Crippen LogP contribution in [0.4, 0.5) is 5.69 Å². The molecule has 1 nitrogen and oxygen atoms in total. The number of aryl methyl sites for hydroxylation is 1.